The van der Waals surface area contributed by atoms with E-state index >= 15 is 0 Å². The van der Waals surface area contributed by atoms with Crippen molar-refractivity contribution in [2.45, 2.75) is 19.9 Å². The predicted molar refractivity (Wildman–Crippen MR) is 102 cm³/mol. The smallest absolute Gasteiger partial charge is 0.287 e. The van der Waals surface area contributed by atoms with Gasteiger partial charge >= 0.3 is 0 Å². The van der Waals surface area contributed by atoms with E-state index in [1.165, 1.54) is 6.20 Å². The lowest BCUT2D eigenvalue weighted by molar-refractivity contribution is 0.119. The summed E-state index contributed by atoms with van der Waals surface area (Å²) in [6, 6.07) is 1.98. The van der Waals surface area contributed by atoms with Crippen molar-refractivity contribution in [3.63, 3.8) is 0 Å². The van der Waals surface area contributed by atoms with Crippen LogP contribution in [0.4, 0.5) is 20.3 Å². The normalized spacial score (nSPS) is 15.0. The van der Waals surface area contributed by atoms with E-state index in [-0.39, 0.29) is 5.02 Å². The Labute approximate surface area is 163 Å². The van der Waals surface area contributed by atoms with Gasteiger partial charge in [-0.2, -0.15) is 10.2 Å². The van der Waals surface area contributed by atoms with Crippen LogP contribution in [-0.2, 0) is 6.54 Å². The molecule has 0 aromatic carbocycles. The van der Waals surface area contributed by atoms with Gasteiger partial charge in [0.2, 0.25) is 0 Å². The number of halogens is 3. The molecule has 1 aliphatic rings. The molecule has 3 aromatic heterocycles. The Morgan fingerprint density at radius 3 is 2.64 bits per heavy atom. The highest BCUT2D eigenvalue weighted by molar-refractivity contribution is 6.33. The topological polar surface area (TPSA) is 71.6 Å². The first-order valence-corrected chi connectivity index (χ1v) is 9.16. The monoisotopic (exact) mass is 409 g/mol. The minimum atomic E-state index is -2.67. The summed E-state index contributed by atoms with van der Waals surface area (Å²) in [6.45, 7) is 3.67. The number of rotatable bonds is 4. The Bertz CT molecular complexity index is 1060. The second-order valence-electron chi connectivity index (χ2n) is 6.56. The number of alkyl halides is 2. The Morgan fingerprint density at radius 2 is 1.93 bits per heavy atom. The van der Waals surface area contributed by atoms with Gasteiger partial charge in [-0.3, -0.25) is 4.79 Å². The highest BCUT2D eigenvalue weighted by atomic mass is 35.5. The predicted octanol–water partition coefficient (Wildman–Crippen LogP) is 1.84. The van der Waals surface area contributed by atoms with Crippen LogP contribution in [0.3, 0.4) is 0 Å². The van der Waals surface area contributed by atoms with Crippen LogP contribution in [0.15, 0.2) is 29.5 Å². The van der Waals surface area contributed by atoms with Gasteiger partial charge in [-0.25, -0.2) is 23.0 Å². The number of anilines is 2. The van der Waals surface area contributed by atoms with E-state index in [1.54, 1.807) is 10.7 Å². The Balaban J connectivity index is 1.53. The fourth-order valence-electron chi connectivity index (χ4n) is 3.37. The molecule has 0 saturated carbocycles. The summed E-state index contributed by atoms with van der Waals surface area (Å²) < 4.78 is 27.6. The fourth-order valence-corrected chi connectivity index (χ4v) is 3.64. The summed E-state index contributed by atoms with van der Waals surface area (Å²) in [5.41, 5.74) is 1.60. The first-order chi connectivity index (χ1) is 13.4. The third-order valence-electron chi connectivity index (χ3n) is 4.69. The molecule has 4 rings (SSSR count). The molecule has 28 heavy (non-hydrogen) atoms. The molecule has 4 heterocycles. The van der Waals surface area contributed by atoms with Gasteiger partial charge in [0, 0.05) is 38.6 Å². The van der Waals surface area contributed by atoms with Crippen molar-refractivity contribution in [3.05, 3.63) is 45.7 Å². The van der Waals surface area contributed by atoms with Crippen molar-refractivity contribution in [1.82, 2.24) is 24.4 Å². The van der Waals surface area contributed by atoms with Crippen LogP contribution < -0.4 is 15.4 Å². The zero-order valence-electron chi connectivity index (χ0n) is 15.1. The summed E-state index contributed by atoms with van der Waals surface area (Å²) in [7, 11) is 0. The molecule has 0 unspecified atom stereocenters. The van der Waals surface area contributed by atoms with Crippen LogP contribution in [0.25, 0.3) is 5.52 Å². The van der Waals surface area contributed by atoms with Gasteiger partial charge in [0.05, 0.1) is 17.6 Å². The van der Waals surface area contributed by atoms with Crippen molar-refractivity contribution in [1.29, 1.82) is 0 Å². The highest BCUT2D eigenvalue weighted by Gasteiger charge is 2.24. The third-order valence-corrected chi connectivity index (χ3v) is 5.04. The van der Waals surface area contributed by atoms with Crippen molar-refractivity contribution >= 4 is 28.6 Å². The van der Waals surface area contributed by atoms with Crippen molar-refractivity contribution in [2.75, 3.05) is 36.0 Å². The lowest BCUT2D eigenvalue weighted by atomic mass is 10.2. The maximum absolute atomic E-state index is 12.5. The molecule has 8 nitrogen and oxygen atoms in total. The SMILES string of the molecule is Cc1cc2c(N3CCN(c4cnn(CC(F)F)c(=O)c4Cl)CC3)nccn2n1. The number of nitrogens with zero attached hydrogens (tertiary/aromatic N) is 7. The van der Waals surface area contributed by atoms with E-state index < -0.39 is 18.5 Å². The molecule has 0 spiro atoms. The highest BCUT2D eigenvalue weighted by Crippen LogP contribution is 2.25. The molecule has 0 N–H and O–H groups in total. The molecule has 11 heteroatoms. The van der Waals surface area contributed by atoms with Crippen molar-refractivity contribution < 1.29 is 8.78 Å². The quantitative estimate of drug-likeness (QED) is 0.654. The van der Waals surface area contributed by atoms with E-state index in [1.807, 2.05) is 24.1 Å². The van der Waals surface area contributed by atoms with Gasteiger partial charge in [0.25, 0.3) is 12.0 Å². The van der Waals surface area contributed by atoms with Gasteiger partial charge < -0.3 is 9.80 Å². The van der Waals surface area contributed by atoms with Gasteiger partial charge in [-0.05, 0) is 13.0 Å². The standard InChI is InChI=1S/C17H18ClF2N7O/c1-11-8-12-16(21-2-3-26(12)23-11)25-6-4-24(5-7-25)13-9-22-27(10-14(19)20)17(28)15(13)18/h2-3,8-9,14H,4-7,10H2,1H3. The molecule has 0 radical (unpaired) electrons. The van der Waals surface area contributed by atoms with Crippen LogP contribution in [0, 0.1) is 6.92 Å². The van der Waals surface area contributed by atoms with Crippen molar-refractivity contribution in [2.24, 2.45) is 0 Å². The van der Waals surface area contributed by atoms with Crippen LogP contribution in [0.1, 0.15) is 5.69 Å². The second-order valence-corrected chi connectivity index (χ2v) is 6.94. The number of aromatic nitrogens is 5. The second kappa shape index (κ2) is 7.34. The third kappa shape index (κ3) is 3.39. The molecule has 1 fully saturated rings. The zero-order valence-corrected chi connectivity index (χ0v) is 15.9. The number of piperazine rings is 1. The fraction of sp³-hybridized carbons (Fsp3) is 0.412. The maximum atomic E-state index is 12.5. The summed E-state index contributed by atoms with van der Waals surface area (Å²) in [5.74, 6) is 0.847. The molecule has 0 amide bonds. The van der Waals surface area contributed by atoms with Crippen LogP contribution in [-0.4, -0.2) is 57.0 Å². The lowest BCUT2D eigenvalue weighted by Crippen LogP contribution is -2.47. The van der Waals surface area contributed by atoms with Crippen molar-refractivity contribution in [3.8, 4) is 0 Å². The molecule has 0 atom stereocenters. The first kappa shape index (κ1) is 18.6. The minimum absolute atomic E-state index is 0.0873. The van der Waals surface area contributed by atoms with E-state index in [9.17, 15) is 13.6 Å². The number of hydrogen-bond acceptors (Lipinski definition) is 6. The Morgan fingerprint density at radius 1 is 1.21 bits per heavy atom. The summed E-state index contributed by atoms with van der Waals surface area (Å²) in [6.07, 6.45) is 2.23. The molecule has 0 bridgehead atoms. The lowest BCUT2D eigenvalue weighted by Gasteiger charge is -2.36. The number of hydrogen-bond donors (Lipinski definition) is 0. The number of aryl methyl sites for hydroxylation is 1. The average Bonchev–Trinajstić information content (AvgIpc) is 3.06. The molecule has 1 aliphatic heterocycles. The molecular weight excluding hydrogens is 392 g/mol. The summed E-state index contributed by atoms with van der Waals surface area (Å²) in [5, 5.41) is 8.15. The van der Waals surface area contributed by atoms with E-state index in [2.05, 4.69) is 20.1 Å². The van der Waals surface area contributed by atoms with Gasteiger partial charge in [-0.1, -0.05) is 11.6 Å². The van der Waals surface area contributed by atoms with Gasteiger partial charge in [0.1, 0.15) is 17.1 Å². The Hall–Kier alpha value is -2.75. The molecule has 3 aromatic rings. The molecule has 1 saturated heterocycles. The van der Waals surface area contributed by atoms with Crippen LogP contribution >= 0.6 is 11.6 Å². The summed E-state index contributed by atoms with van der Waals surface area (Å²) in [4.78, 5) is 20.8. The van der Waals surface area contributed by atoms with E-state index in [0.717, 1.165) is 17.0 Å². The molecule has 0 aliphatic carbocycles. The number of fused-ring (bicyclic) bond motifs is 1. The minimum Gasteiger partial charge on any atom is -0.365 e. The zero-order chi connectivity index (χ0) is 19.8. The summed E-state index contributed by atoms with van der Waals surface area (Å²) >= 11 is 6.15. The van der Waals surface area contributed by atoms with E-state index in [0.29, 0.717) is 36.5 Å². The molecule has 148 valence electrons. The first-order valence-electron chi connectivity index (χ1n) is 8.78. The van der Waals surface area contributed by atoms with Gasteiger partial charge in [0.15, 0.2) is 5.82 Å². The maximum Gasteiger partial charge on any atom is 0.287 e. The van der Waals surface area contributed by atoms with Crippen LogP contribution in [0.2, 0.25) is 5.02 Å². The molecular formula is C17H18ClF2N7O. The Kier molecular flexibility index (Phi) is 4.88. The van der Waals surface area contributed by atoms with Gasteiger partial charge in [-0.15, -0.1) is 0 Å². The van der Waals surface area contributed by atoms with Crippen LogP contribution in [0.5, 0.6) is 0 Å². The average molecular weight is 410 g/mol. The largest absolute Gasteiger partial charge is 0.365 e. The van der Waals surface area contributed by atoms with E-state index in [4.69, 9.17) is 11.6 Å².